The lowest BCUT2D eigenvalue weighted by atomic mass is 9.98. The summed E-state index contributed by atoms with van der Waals surface area (Å²) in [7, 11) is 0. The quantitative estimate of drug-likeness (QED) is 0.717. The minimum Gasteiger partial charge on any atom is -0.338 e. The Hall–Kier alpha value is -0.730. The number of rotatable bonds is 3. The van der Waals surface area contributed by atoms with Gasteiger partial charge in [-0.1, -0.05) is 13.3 Å². The summed E-state index contributed by atoms with van der Waals surface area (Å²) in [5.41, 5.74) is 0. The summed E-state index contributed by atoms with van der Waals surface area (Å²) in [4.78, 5) is 13.9. The summed E-state index contributed by atoms with van der Waals surface area (Å²) in [5, 5.41) is 3.00. The molecule has 1 saturated heterocycles. The first kappa shape index (κ1) is 12.3. The molecule has 1 aliphatic heterocycles. The van der Waals surface area contributed by atoms with Crippen molar-refractivity contribution < 1.29 is 4.79 Å². The van der Waals surface area contributed by atoms with Crippen LogP contribution in [0.4, 0.5) is 4.79 Å². The molecule has 2 atom stereocenters. The molecule has 0 aliphatic carbocycles. The van der Waals surface area contributed by atoms with Gasteiger partial charge in [0, 0.05) is 18.6 Å². The third kappa shape index (κ3) is 3.40. The molecule has 88 valence electrons. The van der Waals surface area contributed by atoms with Gasteiger partial charge in [-0.3, -0.25) is 0 Å². The second kappa shape index (κ2) is 5.99. The number of amides is 2. The Morgan fingerprint density at radius 1 is 1.33 bits per heavy atom. The zero-order valence-corrected chi connectivity index (χ0v) is 10.3. The molecular weight excluding hydrogens is 188 g/mol. The van der Waals surface area contributed by atoms with Crippen LogP contribution in [-0.4, -0.2) is 29.6 Å². The number of nitrogens with zero attached hydrogens (tertiary/aromatic N) is 1. The van der Waals surface area contributed by atoms with E-state index in [1.165, 1.54) is 6.42 Å². The molecule has 1 fully saturated rings. The molecule has 0 aromatic carbocycles. The Balaban J connectivity index is 2.41. The van der Waals surface area contributed by atoms with Gasteiger partial charge in [-0.15, -0.1) is 0 Å². The van der Waals surface area contributed by atoms with E-state index in [4.69, 9.17) is 0 Å². The Kier molecular flexibility index (Phi) is 4.92. The number of carbonyl (C=O) groups excluding carboxylic acids is 1. The van der Waals surface area contributed by atoms with Crippen molar-refractivity contribution in [1.82, 2.24) is 10.2 Å². The number of urea groups is 1. The Morgan fingerprint density at radius 2 is 1.93 bits per heavy atom. The van der Waals surface area contributed by atoms with E-state index >= 15 is 0 Å². The predicted molar refractivity (Wildman–Crippen MR) is 62.9 cm³/mol. The molecule has 15 heavy (non-hydrogen) atoms. The lowest BCUT2D eigenvalue weighted by molar-refractivity contribution is 0.123. The maximum absolute atomic E-state index is 11.9. The first-order chi connectivity index (χ1) is 7.16. The van der Waals surface area contributed by atoms with Gasteiger partial charge < -0.3 is 10.2 Å². The third-order valence-corrected chi connectivity index (χ3v) is 3.23. The Bertz CT molecular complexity index is 196. The molecule has 0 radical (unpaired) electrons. The van der Waals surface area contributed by atoms with Gasteiger partial charge in [0.25, 0.3) is 0 Å². The molecule has 0 spiro atoms. The zero-order valence-electron chi connectivity index (χ0n) is 10.3. The summed E-state index contributed by atoms with van der Waals surface area (Å²) in [6.45, 7) is 7.24. The minimum absolute atomic E-state index is 0.128. The molecule has 1 aliphatic rings. The van der Waals surface area contributed by atoms with E-state index in [0.717, 1.165) is 32.2 Å². The highest BCUT2D eigenvalue weighted by Gasteiger charge is 2.28. The van der Waals surface area contributed by atoms with Crippen LogP contribution in [0.3, 0.4) is 0 Å². The fraction of sp³-hybridized carbons (Fsp3) is 0.917. The van der Waals surface area contributed by atoms with E-state index in [9.17, 15) is 4.79 Å². The lowest BCUT2D eigenvalue weighted by Gasteiger charge is -2.38. The first-order valence-electron chi connectivity index (χ1n) is 6.23. The van der Waals surface area contributed by atoms with Gasteiger partial charge in [0.1, 0.15) is 0 Å². The molecule has 0 bridgehead atoms. The maximum Gasteiger partial charge on any atom is 0.317 e. The highest BCUT2D eigenvalue weighted by Crippen LogP contribution is 2.22. The summed E-state index contributed by atoms with van der Waals surface area (Å²) >= 11 is 0. The van der Waals surface area contributed by atoms with E-state index in [2.05, 4.69) is 26.1 Å². The highest BCUT2D eigenvalue weighted by atomic mass is 16.2. The normalized spacial score (nSPS) is 26.5. The number of likely N-dealkylation sites (tertiary alicyclic amines) is 1. The van der Waals surface area contributed by atoms with Crippen molar-refractivity contribution in [2.24, 2.45) is 0 Å². The molecule has 3 nitrogen and oxygen atoms in total. The van der Waals surface area contributed by atoms with E-state index in [1.807, 2.05) is 4.90 Å². The number of unbranched alkanes of at least 4 members (excludes halogenated alkanes) is 1. The fourth-order valence-electron chi connectivity index (χ4n) is 2.28. The molecule has 1 heterocycles. The minimum atomic E-state index is 0.128. The number of hydrogen-bond acceptors (Lipinski definition) is 1. The van der Waals surface area contributed by atoms with Crippen molar-refractivity contribution in [3.8, 4) is 0 Å². The molecule has 1 N–H and O–H groups in total. The molecule has 2 amide bonds. The number of hydrogen-bond donors (Lipinski definition) is 1. The second-order valence-electron chi connectivity index (χ2n) is 4.62. The highest BCUT2D eigenvalue weighted by molar-refractivity contribution is 5.74. The number of nitrogens with one attached hydrogen (secondary N) is 1. The molecule has 0 unspecified atom stereocenters. The van der Waals surface area contributed by atoms with Gasteiger partial charge in [-0.25, -0.2) is 4.79 Å². The van der Waals surface area contributed by atoms with Crippen LogP contribution in [0.2, 0.25) is 0 Å². The van der Waals surface area contributed by atoms with E-state index in [1.54, 1.807) is 0 Å². The van der Waals surface area contributed by atoms with Gasteiger partial charge in [-0.2, -0.15) is 0 Å². The van der Waals surface area contributed by atoms with Gasteiger partial charge in [0.05, 0.1) is 0 Å². The van der Waals surface area contributed by atoms with E-state index in [0.29, 0.717) is 12.1 Å². The summed E-state index contributed by atoms with van der Waals surface area (Å²) in [5.74, 6) is 0. The van der Waals surface area contributed by atoms with Crippen LogP contribution >= 0.6 is 0 Å². The van der Waals surface area contributed by atoms with Crippen LogP contribution in [0.25, 0.3) is 0 Å². The standard InChI is InChI=1S/C12H24N2O/c1-4-5-9-13-12(15)14-10(2)7-6-8-11(14)3/h10-11H,4-9H2,1-3H3,(H,13,15)/t10-,11+. The molecule has 0 saturated carbocycles. The topological polar surface area (TPSA) is 32.3 Å². The summed E-state index contributed by atoms with van der Waals surface area (Å²) in [6.07, 6.45) is 5.74. The molecule has 0 aromatic rings. The van der Waals surface area contributed by atoms with Crippen LogP contribution in [0, 0.1) is 0 Å². The monoisotopic (exact) mass is 212 g/mol. The Labute approximate surface area is 93.2 Å². The van der Waals surface area contributed by atoms with Crippen LogP contribution < -0.4 is 5.32 Å². The van der Waals surface area contributed by atoms with E-state index < -0.39 is 0 Å². The van der Waals surface area contributed by atoms with Crippen LogP contribution in [0.5, 0.6) is 0 Å². The van der Waals surface area contributed by atoms with Crippen molar-refractivity contribution in [1.29, 1.82) is 0 Å². The maximum atomic E-state index is 11.9. The number of piperidine rings is 1. The first-order valence-corrected chi connectivity index (χ1v) is 6.23. The summed E-state index contributed by atoms with van der Waals surface area (Å²) < 4.78 is 0. The van der Waals surface area contributed by atoms with Crippen molar-refractivity contribution in [2.75, 3.05) is 6.54 Å². The zero-order chi connectivity index (χ0) is 11.3. The smallest absolute Gasteiger partial charge is 0.317 e. The third-order valence-electron chi connectivity index (χ3n) is 3.23. The average molecular weight is 212 g/mol. The van der Waals surface area contributed by atoms with Crippen LogP contribution in [0.15, 0.2) is 0 Å². The van der Waals surface area contributed by atoms with Gasteiger partial charge in [0.15, 0.2) is 0 Å². The van der Waals surface area contributed by atoms with Gasteiger partial charge >= 0.3 is 6.03 Å². The predicted octanol–water partition coefficient (Wildman–Crippen LogP) is 2.76. The SMILES string of the molecule is CCCCNC(=O)N1[C@H](C)CCC[C@@H]1C. The molecule has 1 rings (SSSR count). The second-order valence-corrected chi connectivity index (χ2v) is 4.62. The fourth-order valence-corrected chi connectivity index (χ4v) is 2.28. The van der Waals surface area contributed by atoms with E-state index in [-0.39, 0.29) is 6.03 Å². The van der Waals surface area contributed by atoms with Crippen molar-refractivity contribution in [3.05, 3.63) is 0 Å². The van der Waals surface area contributed by atoms with Crippen molar-refractivity contribution in [2.45, 2.75) is 65.0 Å². The molecular formula is C12H24N2O. The van der Waals surface area contributed by atoms with Crippen molar-refractivity contribution in [3.63, 3.8) is 0 Å². The lowest BCUT2D eigenvalue weighted by Crippen LogP contribution is -2.51. The van der Waals surface area contributed by atoms with Crippen LogP contribution in [0.1, 0.15) is 52.9 Å². The van der Waals surface area contributed by atoms with Crippen LogP contribution in [-0.2, 0) is 0 Å². The largest absolute Gasteiger partial charge is 0.338 e. The van der Waals surface area contributed by atoms with Gasteiger partial charge in [-0.05, 0) is 39.5 Å². The van der Waals surface area contributed by atoms with Crippen molar-refractivity contribution >= 4 is 6.03 Å². The Morgan fingerprint density at radius 3 is 2.47 bits per heavy atom. The summed E-state index contributed by atoms with van der Waals surface area (Å²) in [6, 6.07) is 0.925. The molecule has 3 heteroatoms. The average Bonchev–Trinajstić information content (AvgIpc) is 2.18. The number of carbonyl (C=O) groups is 1. The van der Waals surface area contributed by atoms with Gasteiger partial charge in [0.2, 0.25) is 0 Å². The molecule has 0 aromatic heterocycles.